The fraction of sp³-hybridized carbons (Fsp3) is 0.429. The summed E-state index contributed by atoms with van der Waals surface area (Å²) in [6, 6.07) is 9.23. The van der Waals surface area contributed by atoms with Gasteiger partial charge < -0.3 is 13.9 Å². The number of hydrogen-bond donors (Lipinski definition) is 0. The average Bonchev–Trinajstić information content (AvgIpc) is 3.39. The van der Waals surface area contributed by atoms with Crippen molar-refractivity contribution >= 4 is 11.8 Å². The summed E-state index contributed by atoms with van der Waals surface area (Å²) in [5, 5.41) is 0.538. The molecule has 0 radical (unpaired) electrons. The first kappa shape index (κ1) is 18.2. The Bertz CT molecular complexity index is 801. The zero-order valence-electron chi connectivity index (χ0n) is 15.6. The predicted octanol–water partition coefficient (Wildman–Crippen LogP) is 4.75. The van der Waals surface area contributed by atoms with Crippen LogP contribution in [0.3, 0.4) is 0 Å². The molecule has 3 unspecified atom stereocenters. The number of benzene rings is 1. The van der Waals surface area contributed by atoms with Gasteiger partial charge in [-0.25, -0.2) is 9.97 Å². The maximum absolute atomic E-state index is 5.28. The third-order valence-electron chi connectivity index (χ3n) is 5.41. The number of imidazole rings is 2. The van der Waals surface area contributed by atoms with Gasteiger partial charge in [-0.3, -0.25) is 0 Å². The Balaban J connectivity index is 1.56. The lowest BCUT2D eigenvalue weighted by atomic mass is 10.0. The van der Waals surface area contributed by atoms with Gasteiger partial charge in [0.15, 0.2) is 0 Å². The SMILES string of the molecule is COc1ccc(CSC2CCCCC(n3ccnc3)C2n2ccnc2)cc1. The van der Waals surface area contributed by atoms with Crippen LogP contribution in [0.15, 0.2) is 61.7 Å². The lowest BCUT2D eigenvalue weighted by Gasteiger charge is -2.33. The van der Waals surface area contributed by atoms with Gasteiger partial charge >= 0.3 is 0 Å². The van der Waals surface area contributed by atoms with Gasteiger partial charge in [0.25, 0.3) is 0 Å². The molecule has 0 bridgehead atoms. The minimum Gasteiger partial charge on any atom is -0.497 e. The number of methoxy groups -OCH3 is 1. The third-order valence-corrected chi connectivity index (χ3v) is 6.86. The van der Waals surface area contributed by atoms with Crippen molar-refractivity contribution in [2.75, 3.05) is 7.11 Å². The van der Waals surface area contributed by atoms with Crippen molar-refractivity contribution in [1.82, 2.24) is 19.1 Å². The second-order valence-electron chi connectivity index (χ2n) is 7.06. The highest BCUT2D eigenvalue weighted by Crippen LogP contribution is 2.42. The van der Waals surface area contributed by atoms with Crippen molar-refractivity contribution in [2.24, 2.45) is 0 Å². The van der Waals surface area contributed by atoms with Crippen LogP contribution in [0, 0.1) is 0 Å². The number of ether oxygens (including phenoxy) is 1. The summed E-state index contributed by atoms with van der Waals surface area (Å²) in [7, 11) is 1.71. The van der Waals surface area contributed by atoms with E-state index >= 15 is 0 Å². The molecule has 6 heteroatoms. The minimum absolute atomic E-state index is 0.382. The highest BCUT2D eigenvalue weighted by molar-refractivity contribution is 7.99. The zero-order chi connectivity index (χ0) is 18.5. The first-order valence-corrected chi connectivity index (χ1v) is 10.6. The van der Waals surface area contributed by atoms with E-state index in [0.717, 1.165) is 11.5 Å². The van der Waals surface area contributed by atoms with Gasteiger partial charge in [0.2, 0.25) is 0 Å². The molecule has 2 aromatic heterocycles. The minimum atomic E-state index is 0.382. The molecule has 2 heterocycles. The van der Waals surface area contributed by atoms with Gasteiger partial charge in [-0.05, 0) is 30.5 Å². The predicted molar refractivity (Wildman–Crippen MR) is 109 cm³/mol. The lowest BCUT2D eigenvalue weighted by molar-refractivity contribution is 0.313. The highest BCUT2D eigenvalue weighted by atomic mass is 32.2. The summed E-state index contributed by atoms with van der Waals surface area (Å²) < 4.78 is 9.87. The molecule has 3 atom stereocenters. The fourth-order valence-electron chi connectivity index (χ4n) is 4.02. The van der Waals surface area contributed by atoms with E-state index in [2.05, 4.69) is 55.4 Å². The fourth-order valence-corrected chi connectivity index (χ4v) is 5.47. The van der Waals surface area contributed by atoms with Crippen LogP contribution in [0.25, 0.3) is 0 Å². The molecule has 1 aromatic carbocycles. The third kappa shape index (κ3) is 4.21. The summed E-state index contributed by atoms with van der Waals surface area (Å²) in [6.07, 6.45) is 16.9. The first-order valence-electron chi connectivity index (χ1n) is 9.54. The van der Waals surface area contributed by atoms with Crippen molar-refractivity contribution in [3.8, 4) is 5.75 Å². The molecule has 0 saturated heterocycles. The molecule has 3 aromatic rings. The summed E-state index contributed by atoms with van der Waals surface area (Å²) in [6.45, 7) is 0. The first-order chi connectivity index (χ1) is 13.3. The molecular weight excluding hydrogens is 356 g/mol. The number of rotatable bonds is 6. The van der Waals surface area contributed by atoms with E-state index in [1.165, 1.54) is 31.2 Å². The number of hydrogen-bond acceptors (Lipinski definition) is 4. The molecule has 4 rings (SSSR count). The van der Waals surface area contributed by atoms with E-state index in [1.807, 2.05) is 37.2 Å². The summed E-state index contributed by atoms with van der Waals surface area (Å²) in [4.78, 5) is 8.63. The van der Waals surface area contributed by atoms with Crippen molar-refractivity contribution < 1.29 is 4.74 Å². The van der Waals surface area contributed by atoms with Crippen LogP contribution in [0.1, 0.15) is 43.3 Å². The lowest BCUT2D eigenvalue weighted by Crippen LogP contribution is -2.29. The Morgan fingerprint density at radius 1 is 1.00 bits per heavy atom. The maximum atomic E-state index is 5.28. The normalized spacial score (nSPS) is 23.1. The quantitative estimate of drug-likeness (QED) is 0.577. The molecule has 0 amide bonds. The largest absolute Gasteiger partial charge is 0.497 e. The van der Waals surface area contributed by atoms with Gasteiger partial charge in [0, 0.05) is 35.8 Å². The Kier molecular flexibility index (Phi) is 5.82. The highest BCUT2D eigenvalue weighted by Gasteiger charge is 2.34. The smallest absolute Gasteiger partial charge is 0.118 e. The Morgan fingerprint density at radius 2 is 1.70 bits per heavy atom. The molecule has 1 fully saturated rings. The second-order valence-corrected chi connectivity index (χ2v) is 8.29. The van der Waals surface area contributed by atoms with E-state index in [1.54, 1.807) is 7.11 Å². The number of thioether (sulfide) groups is 1. The number of aromatic nitrogens is 4. The van der Waals surface area contributed by atoms with E-state index in [4.69, 9.17) is 4.74 Å². The molecule has 0 spiro atoms. The Morgan fingerprint density at radius 3 is 2.37 bits per heavy atom. The standard InChI is InChI=1S/C21H26N4OS/c1-26-18-8-6-17(7-9-18)14-27-20-5-3-2-4-19(24-12-10-22-15-24)21(20)25-13-11-23-16-25/h6-13,15-16,19-21H,2-5,14H2,1H3. The van der Waals surface area contributed by atoms with Crippen molar-refractivity contribution in [3.63, 3.8) is 0 Å². The van der Waals surface area contributed by atoms with E-state index in [-0.39, 0.29) is 0 Å². The van der Waals surface area contributed by atoms with Crippen LogP contribution in [0.2, 0.25) is 0 Å². The Hall–Kier alpha value is -2.21. The average molecular weight is 383 g/mol. The summed E-state index contributed by atoms with van der Waals surface area (Å²) in [5.41, 5.74) is 1.34. The number of nitrogens with zero attached hydrogens (tertiary/aromatic N) is 4. The topological polar surface area (TPSA) is 44.9 Å². The monoisotopic (exact) mass is 382 g/mol. The Labute approximate surface area is 164 Å². The summed E-state index contributed by atoms with van der Waals surface area (Å²) >= 11 is 2.06. The van der Waals surface area contributed by atoms with Crippen LogP contribution in [0.5, 0.6) is 5.75 Å². The second kappa shape index (κ2) is 8.65. The van der Waals surface area contributed by atoms with Gasteiger partial charge in [-0.2, -0.15) is 11.8 Å². The van der Waals surface area contributed by atoms with Crippen molar-refractivity contribution in [1.29, 1.82) is 0 Å². The molecule has 5 nitrogen and oxygen atoms in total. The van der Waals surface area contributed by atoms with Gasteiger partial charge in [-0.15, -0.1) is 0 Å². The molecule has 0 aliphatic heterocycles. The van der Waals surface area contributed by atoms with E-state index < -0.39 is 0 Å². The van der Waals surface area contributed by atoms with Crippen LogP contribution in [0.4, 0.5) is 0 Å². The van der Waals surface area contributed by atoms with E-state index in [9.17, 15) is 0 Å². The van der Waals surface area contributed by atoms with Crippen molar-refractivity contribution in [3.05, 3.63) is 67.3 Å². The molecule has 27 heavy (non-hydrogen) atoms. The molecule has 0 N–H and O–H groups in total. The maximum Gasteiger partial charge on any atom is 0.118 e. The molecule has 1 aliphatic rings. The van der Waals surface area contributed by atoms with Gasteiger partial charge in [0.1, 0.15) is 5.75 Å². The summed E-state index contributed by atoms with van der Waals surface area (Å²) in [5.74, 6) is 1.92. The van der Waals surface area contributed by atoms with Gasteiger partial charge in [-0.1, -0.05) is 25.0 Å². The molecule has 142 valence electrons. The zero-order valence-corrected chi connectivity index (χ0v) is 16.5. The van der Waals surface area contributed by atoms with E-state index in [0.29, 0.717) is 17.3 Å². The van der Waals surface area contributed by atoms with Gasteiger partial charge in [0.05, 0.1) is 31.8 Å². The molecule has 1 saturated carbocycles. The van der Waals surface area contributed by atoms with Crippen molar-refractivity contribution in [2.45, 2.75) is 48.8 Å². The van der Waals surface area contributed by atoms with Crippen LogP contribution < -0.4 is 4.74 Å². The van der Waals surface area contributed by atoms with Crippen LogP contribution in [-0.4, -0.2) is 31.5 Å². The molecule has 1 aliphatic carbocycles. The van der Waals surface area contributed by atoms with Crippen LogP contribution >= 0.6 is 11.8 Å². The molecular formula is C21H26N4OS. The van der Waals surface area contributed by atoms with Crippen LogP contribution in [-0.2, 0) is 5.75 Å².